The third kappa shape index (κ3) is 4.32. The predicted molar refractivity (Wildman–Crippen MR) is 114 cm³/mol. The first-order valence-electron chi connectivity index (χ1n) is 9.72. The van der Waals surface area contributed by atoms with Gasteiger partial charge in [0, 0.05) is 24.7 Å². The summed E-state index contributed by atoms with van der Waals surface area (Å²) in [7, 11) is 0. The Hall–Kier alpha value is -3.33. The number of carbonyl (C=O) groups is 1. The van der Waals surface area contributed by atoms with Gasteiger partial charge in [0.25, 0.3) is 0 Å². The fourth-order valence-corrected chi connectivity index (χ4v) is 3.61. The number of rotatable bonds is 7. The minimum Gasteiger partial charge on any atom is -0.349 e. The van der Waals surface area contributed by atoms with Crippen LogP contribution in [0.1, 0.15) is 23.6 Å². The molecule has 0 aliphatic carbocycles. The lowest BCUT2D eigenvalue weighted by molar-refractivity contribution is -0.122. The summed E-state index contributed by atoms with van der Waals surface area (Å²) in [6.45, 7) is 0.673. The van der Waals surface area contributed by atoms with E-state index < -0.39 is 0 Å². The number of hydrogen-bond acceptors (Lipinski definition) is 1. The van der Waals surface area contributed by atoms with Gasteiger partial charge in [-0.05, 0) is 35.1 Å². The molecule has 0 radical (unpaired) electrons. The van der Waals surface area contributed by atoms with Crippen LogP contribution in [0.3, 0.4) is 0 Å². The quantitative estimate of drug-likeness (QED) is 0.482. The third-order valence-electron chi connectivity index (χ3n) is 5.08. The number of hydrogen-bond donors (Lipinski definition) is 1. The highest BCUT2D eigenvalue weighted by Crippen LogP contribution is 2.19. The number of amides is 1. The van der Waals surface area contributed by atoms with Gasteiger partial charge in [0.05, 0.1) is 6.04 Å². The maximum Gasteiger partial charge on any atom is 0.222 e. The normalized spacial score (nSPS) is 12.0. The summed E-state index contributed by atoms with van der Waals surface area (Å²) in [4.78, 5) is 12.7. The molecule has 4 aromatic rings. The van der Waals surface area contributed by atoms with Crippen LogP contribution in [0, 0.1) is 0 Å². The Morgan fingerprint density at radius 1 is 0.821 bits per heavy atom. The van der Waals surface area contributed by atoms with E-state index in [-0.39, 0.29) is 11.9 Å². The van der Waals surface area contributed by atoms with Crippen LogP contribution in [-0.2, 0) is 17.8 Å². The minimum absolute atomic E-state index is 0.0301. The van der Waals surface area contributed by atoms with Crippen LogP contribution in [0.25, 0.3) is 10.9 Å². The molecule has 1 unspecified atom stereocenters. The van der Waals surface area contributed by atoms with E-state index in [1.165, 1.54) is 16.5 Å². The van der Waals surface area contributed by atoms with Gasteiger partial charge in [0.15, 0.2) is 0 Å². The van der Waals surface area contributed by atoms with Crippen molar-refractivity contribution >= 4 is 16.8 Å². The number of aromatic nitrogens is 1. The van der Waals surface area contributed by atoms with E-state index in [1.807, 2.05) is 48.5 Å². The van der Waals surface area contributed by atoms with Crippen molar-refractivity contribution in [2.75, 3.05) is 0 Å². The zero-order valence-electron chi connectivity index (χ0n) is 15.8. The molecule has 0 fully saturated rings. The van der Waals surface area contributed by atoms with E-state index in [1.54, 1.807) is 0 Å². The van der Waals surface area contributed by atoms with Crippen molar-refractivity contribution in [1.82, 2.24) is 9.88 Å². The van der Waals surface area contributed by atoms with Crippen molar-refractivity contribution in [3.05, 3.63) is 108 Å². The molecule has 140 valence electrons. The van der Waals surface area contributed by atoms with Gasteiger partial charge in [-0.25, -0.2) is 0 Å². The number of nitrogens with one attached hydrogen (secondary N) is 1. The van der Waals surface area contributed by atoms with Crippen LogP contribution in [0.4, 0.5) is 0 Å². The van der Waals surface area contributed by atoms with Crippen LogP contribution in [0.5, 0.6) is 0 Å². The number of para-hydroxylation sites is 1. The number of aryl methyl sites for hydroxylation is 1. The Bertz CT molecular complexity index is 1040. The molecule has 0 bridgehead atoms. The summed E-state index contributed by atoms with van der Waals surface area (Å²) in [6, 6.07) is 30.8. The van der Waals surface area contributed by atoms with E-state index in [0.717, 1.165) is 12.0 Å². The first-order chi connectivity index (χ1) is 13.8. The van der Waals surface area contributed by atoms with Gasteiger partial charge >= 0.3 is 0 Å². The molecule has 3 nitrogen and oxygen atoms in total. The highest BCUT2D eigenvalue weighted by atomic mass is 16.1. The molecule has 4 rings (SSSR count). The van der Waals surface area contributed by atoms with Crippen LogP contribution in [-0.4, -0.2) is 10.5 Å². The van der Waals surface area contributed by atoms with E-state index in [4.69, 9.17) is 0 Å². The maximum atomic E-state index is 12.7. The highest BCUT2D eigenvalue weighted by Gasteiger charge is 2.15. The van der Waals surface area contributed by atoms with Crippen LogP contribution in [0.15, 0.2) is 97.2 Å². The third-order valence-corrected chi connectivity index (χ3v) is 5.08. The lowest BCUT2D eigenvalue weighted by atomic mass is 9.98. The summed E-state index contributed by atoms with van der Waals surface area (Å²) >= 11 is 0. The molecule has 1 amide bonds. The fraction of sp³-hybridized carbons (Fsp3) is 0.160. The molecule has 3 heteroatoms. The monoisotopic (exact) mass is 368 g/mol. The van der Waals surface area contributed by atoms with Gasteiger partial charge in [0.1, 0.15) is 0 Å². The second kappa shape index (κ2) is 8.57. The van der Waals surface area contributed by atoms with Crippen molar-refractivity contribution in [1.29, 1.82) is 0 Å². The SMILES string of the molecule is O=C(CCn1ccc2ccccc21)NC(Cc1ccccc1)c1ccccc1. The van der Waals surface area contributed by atoms with E-state index in [0.29, 0.717) is 13.0 Å². The summed E-state index contributed by atoms with van der Waals surface area (Å²) < 4.78 is 2.14. The lowest BCUT2D eigenvalue weighted by Gasteiger charge is -2.20. The average molecular weight is 368 g/mol. The van der Waals surface area contributed by atoms with Crippen molar-refractivity contribution in [3.8, 4) is 0 Å². The Balaban J connectivity index is 1.44. The molecule has 0 aliphatic heterocycles. The molecule has 1 aromatic heterocycles. The molecule has 0 aliphatic rings. The molecule has 1 heterocycles. The molecule has 0 spiro atoms. The Morgan fingerprint density at radius 2 is 1.50 bits per heavy atom. The van der Waals surface area contributed by atoms with Gasteiger partial charge in [0.2, 0.25) is 5.91 Å². The van der Waals surface area contributed by atoms with Crippen molar-refractivity contribution in [2.24, 2.45) is 0 Å². The second-order valence-corrected chi connectivity index (χ2v) is 7.04. The van der Waals surface area contributed by atoms with E-state index in [2.05, 4.69) is 58.5 Å². The predicted octanol–water partition coefficient (Wildman–Crippen LogP) is 5.13. The van der Waals surface area contributed by atoms with Crippen molar-refractivity contribution in [2.45, 2.75) is 25.4 Å². The summed E-state index contributed by atoms with van der Waals surface area (Å²) in [5, 5.41) is 4.44. The summed E-state index contributed by atoms with van der Waals surface area (Å²) in [6.07, 6.45) is 3.29. The number of fused-ring (bicyclic) bond motifs is 1. The van der Waals surface area contributed by atoms with Gasteiger partial charge in [-0.3, -0.25) is 4.79 Å². The molecule has 0 saturated heterocycles. The molecule has 3 aromatic carbocycles. The first-order valence-corrected chi connectivity index (χ1v) is 9.72. The minimum atomic E-state index is -0.0301. The molecular weight excluding hydrogens is 344 g/mol. The maximum absolute atomic E-state index is 12.7. The fourth-order valence-electron chi connectivity index (χ4n) is 3.61. The second-order valence-electron chi connectivity index (χ2n) is 7.04. The zero-order valence-corrected chi connectivity index (χ0v) is 15.8. The summed E-state index contributed by atoms with van der Waals surface area (Å²) in [5.41, 5.74) is 3.51. The zero-order chi connectivity index (χ0) is 19.2. The van der Waals surface area contributed by atoms with Gasteiger partial charge in [-0.2, -0.15) is 0 Å². The Labute approximate surface area is 165 Å². The van der Waals surface area contributed by atoms with Gasteiger partial charge in [-0.1, -0.05) is 78.9 Å². The molecule has 1 N–H and O–H groups in total. The van der Waals surface area contributed by atoms with Gasteiger partial charge < -0.3 is 9.88 Å². The number of benzene rings is 3. The largest absolute Gasteiger partial charge is 0.349 e. The van der Waals surface area contributed by atoms with Crippen LogP contribution < -0.4 is 5.32 Å². The molecular formula is C25H24N2O. The van der Waals surface area contributed by atoms with E-state index >= 15 is 0 Å². The van der Waals surface area contributed by atoms with Crippen LogP contribution >= 0.6 is 0 Å². The Morgan fingerprint density at radius 3 is 2.29 bits per heavy atom. The summed E-state index contributed by atoms with van der Waals surface area (Å²) in [5.74, 6) is 0.0718. The van der Waals surface area contributed by atoms with Crippen molar-refractivity contribution < 1.29 is 4.79 Å². The molecule has 0 saturated carbocycles. The van der Waals surface area contributed by atoms with Crippen LogP contribution in [0.2, 0.25) is 0 Å². The number of nitrogens with zero attached hydrogens (tertiary/aromatic N) is 1. The smallest absolute Gasteiger partial charge is 0.222 e. The average Bonchev–Trinajstić information content (AvgIpc) is 3.16. The highest BCUT2D eigenvalue weighted by molar-refractivity contribution is 5.80. The first kappa shape index (κ1) is 18.1. The van der Waals surface area contributed by atoms with Gasteiger partial charge in [-0.15, -0.1) is 0 Å². The molecule has 1 atom stereocenters. The Kier molecular flexibility index (Phi) is 5.53. The molecule has 28 heavy (non-hydrogen) atoms. The lowest BCUT2D eigenvalue weighted by Crippen LogP contribution is -2.30. The standard InChI is InChI=1S/C25H24N2O/c28-25(16-18-27-17-15-22-13-7-8-14-24(22)27)26-23(21-11-5-2-6-12-21)19-20-9-3-1-4-10-20/h1-15,17,23H,16,18-19H2,(H,26,28). The van der Waals surface area contributed by atoms with Crippen molar-refractivity contribution in [3.63, 3.8) is 0 Å². The van der Waals surface area contributed by atoms with E-state index in [9.17, 15) is 4.79 Å². The topological polar surface area (TPSA) is 34.0 Å². The number of carbonyl (C=O) groups excluding carboxylic acids is 1.